The first-order chi connectivity index (χ1) is 16.5. The van der Waals surface area contributed by atoms with E-state index in [0.29, 0.717) is 36.6 Å². The molecule has 2 aliphatic heterocycles. The predicted molar refractivity (Wildman–Crippen MR) is 124 cm³/mol. The van der Waals surface area contributed by atoms with Crippen molar-refractivity contribution in [3.05, 3.63) is 54.0 Å². The molecule has 0 radical (unpaired) electrons. The number of aromatic amines is 1. The molecule has 172 valence electrons. The van der Waals surface area contributed by atoms with Crippen LogP contribution in [0.2, 0.25) is 0 Å². The van der Waals surface area contributed by atoms with Crippen LogP contribution < -0.4 is 0 Å². The van der Waals surface area contributed by atoms with E-state index in [9.17, 15) is 9.59 Å². The van der Waals surface area contributed by atoms with Gasteiger partial charge in [-0.2, -0.15) is 5.10 Å². The van der Waals surface area contributed by atoms with Crippen LogP contribution in [0.4, 0.5) is 4.39 Å². The molecule has 2 amide bonds. The highest BCUT2D eigenvalue weighted by molar-refractivity contribution is 6.16. The number of nitrogens with zero attached hydrogens (tertiary/aromatic N) is 4. The van der Waals surface area contributed by atoms with Crippen molar-refractivity contribution >= 4 is 28.6 Å². The number of amides is 2. The molecule has 8 heteroatoms. The molecule has 1 N–H and O–H groups in total. The Morgan fingerprint density at radius 2 is 1.91 bits per heavy atom. The van der Waals surface area contributed by atoms with Crippen LogP contribution in [0.5, 0.6) is 0 Å². The predicted octanol–water partition coefficient (Wildman–Crippen LogP) is 3.36. The fourth-order valence-electron chi connectivity index (χ4n) is 5.20. The van der Waals surface area contributed by atoms with E-state index >= 15 is 4.39 Å². The van der Waals surface area contributed by atoms with E-state index in [-0.39, 0.29) is 29.5 Å². The molecule has 0 unspecified atom stereocenters. The number of carbonyl (C=O) groups excluding carboxylic acids is 2. The Morgan fingerprint density at radius 3 is 2.65 bits per heavy atom. The highest BCUT2D eigenvalue weighted by Crippen LogP contribution is 2.46. The molecule has 7 rings (SSSR count). The molecule has 3 fully saturated rings. The smallest absolute Gasteiger partial charge is 0.256 e. The Balaban J connectivity index is 1.14. The van der Waals surface area contributed by atoms with Gasteiger partial charge in [-0.25, -0.2) is 4.39 Å². The fraction of sp³-hybridized carbons (Fsp3) is 0.385. The second kappa shape index (κ2) is 6.98. The van der Waals surface area contributed by atoms with E-state index in [1.807, 2.05) is 29.2 Å². The number of H-pyrrole nitrogens is 1. The van der Waals surface area contributed by atoms with Gasteiger partial charge >= 0.3 is 0 Å². The maximum atomic E-state index is 15.3. The minimum atomic E-state index is -0.649. The SMILES string of the molecule is O=C(C1CC1)N1CC(CN2C(=O)C3(CC3)N=C2c2ccc(-c3ccc4[nH]ncc4c3)c(F)c2)C1. The van der Waals surface area contributed by atoms with E-state index in [1.54, 1.807) is 17.2 Å². The summed E-state index contributed by atoms with van der Waals surface area (Å²) >= 11 is 0. The first kappa shape index (κ1) is 19.9. The molecule has 34 heavy (non-hydrogen) atoms. The molecule has 7 nitrogen and oxygen atoms in total. The van der Waals surface area contributed by atoms with Gasteiger partial charge in [-0.15, -0.1) is 0 Å². The lowest BCUT2D eigenvalue weighted by molar-refractivity contribution is -0.139. The van der Waals surface area contributed by atoms with Crippen molar-refractivity contribution in [2.75, 3.05) is 19.6 Å². The third-order valence-corrected chi connectivity index (χ3v) is 7.56. The number of fused-ring (bicyclic) bond motifs is 1. The summed E-state index contributed by atoms with van der Waals surface area (Å²) in [5.74, 6) is 0.933. The average Bonchev–Trinajstić information content (AvgIpc) is 3.72. The largest absolute Gasteiger partial charge is 0.342 e. The van der Waals surface area contributed by atoms with E-state index in [2.05, 4.69) is 10.2 Å². The molecular formula is C26H24FN5O2. The normalized spacial score (nSPS) is 21.3. The van der Waals surface area contributed by atoms with Crippen LogP contribution in [0.15, 0.2) is 47.6 Å². The quantitative estimate of drug-likeness (QED) is 0.638. The van der Waals surface area contributed by atoms with Gasteiger partial charge < -0.3 is 4.90 Å². The number of aliphatic imine (C=N–C) groups is 1. The Bertz CT molecular complexity index is 1380. The highest BCUT2D eigenvalue weighted by atomic mass is 19.1. The molecule has 2 aromatic carbocycles. The Kier molecular flexibility index (Phi) is 4.08. The Hall–Kier alpha value is -3.55. The van der Waals surface area contributed by atoms with Crippen LogP contribution >= 0.6 is 0 Å². The zero-order valence-corrected chi connectivity index (χ0v) is 18.6. The summed E-state index contributed by atoms with van der Waals surface area (Å²) in [5.41, 5.74) is 2.14. The van der Waals surface area contributed by atoms with Gasteiger partial charge in [0.25, 0.3) is 5.91 Å². The number of hydrogen-bond acceptors (Lipinski definition) is 4. The van der Waals surface area contributed by atoms with Crippen LogP contribution in [0.25, 0.3) is 22.0 Å². The van der Waals surface area contributed by atoms with Crippen molar-refractivity contribution in [3.63, 3.8) is 0 Å². The number of amidine groups is 1. The van der Waals surface area contributed by atoms with Crippen molar-refractivity contribution in [1.29, 1.82) is 0 Å². The molecule has 2 saturated carbocycles. The van der Waals surface area contributed by atoms with E-state index in [0.717, 1.165) is 42.1 Å². The first-order valence-electron chi connectivity index (χ1n) is 11.9. The summed E-state index contributed by atoms with van der Waals surface area (Å²) in [5, 5.41) is 7.85. The van der Waals surface area contributed by atoms with Crippen LogP contribution in [-0.2, 0) is 9.59 Å². The van der Waals surface area contributed by atoms with Gasteiger partial charge in [0.1, 0.15) is 17.2 Å². The molecule has 2 aliphatic carbocycles. The van der Waals surface area contributed by atoms with Crippen LogP contribution in [0.3, 0.4) is 0 Å². The average molecular weight is 458 g/mol. The number of carbonyl (C=O) groups is 2. The molecule has 3 aromatic rings. The first-order valence-corrected chi connectivity index (χ1v) is 11.9. The van der Waals surface area contributed by atoms with E-state index < -0.39 is 5.54 Å². The minimum absolute atomic E-state index is 0.0179. The van der Waals surface area contributed by atoms with Crippen LogP contribution in [-0.4, -0.2) is 62.8 Å². The second-order valence-electron chi connectivity index (χ2n) is 10.1. The zero-order chi connectivity index (χ0) is 23.0. The van der Waals surface area contributed by atoms with Crippen molar-refractivity contribution in [1.82, 2.24) is 20.0 Å². The van der Waals surface area contributed by atoms with Gasteiger partial charge in [0.05, 0.1) is 11.7 Å². The topological polar surface area (TPSA) is 81.7 Å². The van der Waals surface area contributed by atoms with Gasteiger partial charge in [-0.05, 0) is 49.4 Å². The maximum absolute atomic E-state index is 15.3. The number of nitrogens with one attached hydrogen (secondary N) is 1. The molecule has 4 aliphatic rings. The third-order valence-electron chi connectivity index (χ3n) is 7.56. The van der Waals surface area contributed by atoms with Crippen molar-refractivity contribution < 1.29 is 14.0 Å². The summed E-state index contributed by atoms with van der Waals surface area (Å²) in [7, 11) is 0. The molecule has 0 atom stereocenters. The monoisotopic (exact) mass is 457 g/mol. The van der Waals surface area contributed by atoms with Gasteiger partial charge in [0.2, 0.25) is 5.91 Å². The fourth-order valence-corrected chi connectivity index (χ4v) is 5.20. The number of likely N-dealkylation sites (tertiary alicyclic amines) is 1. The Labute approximate surface area is 195 Å². The van der Waals surface area contributed by atoms with E-state index in [1.165, 1.54) is 6.07 Å². The molecule has 1 saturated heterocycles. The summed E-state index contributed by atoms with van der Waals surface area (Å²) in [6.45, 7) is 1.89. The number of aromatic nitrogens is 2. The van der Waals surface area contributed by atoms with Crippen molar-refractivity contribution in [3.8, 4) is 11.1 Å². The number of rotatable bonds is 5. The highest BCUT2D eigenvalue weighted by Gasteiger charge is 2.58. The van der Waals surface area contributed by atoms with Gasteiger partial charge in [-0.3, -0.25) is 24.6 Å². The molecular weight excluding hydrogens is 433 g/mol. The van der Waals surface area contributed by atoms with Gasteiger partial charge in [0.15, 0.2) is 0 Å². The number of halogens is 1. The van der Waals surface area contributed by atoms with Crippen molar-refractivity contribution in [2.45, 2.75) is 31.2 Å². The third kappa shape index (κ3) is 3.08. The molecule has 1 spiro atoms. The minimum Gasteiger partial charge on any atom is -0.342 e. The lowest BCUT2D eigenvalue weighted by Gasteiger charge is -2.41. The lowest BCUT2D eigenvalue weighted by atomic mass is 9.97. The van der Waals surface area contributed by atoms with Crippen molar-refractivity contribution in [2.24, 2.45) is 16.8 Å². The zero-order valence-electron chi connectivity index (χ0n) is 18.6. The van der Waals surface area contributed by atoms with Gasteiger partial charge in [0, 0.05) is 48.0 Å². The standard InChI is InChI=1S/C26H24FN5O2/c27-21-10-18(3-5-20(21)17-4-6-22-19(9-17)11-28-30-22)23-29-26(7-8-26)25(34)32(23)14-15-12-31(13-15)24(33)16-1-2-16/h3-6,9-11,15-16H,1-2,7-8,12-14H2,(H,28,30). The molecule has 1 aromatic heterocycles. The van der Waals surface area contributed by atoms with Crippen LogP contribution in [0.1, 0.15) is 31.2 Å². The van der Waals surface area contributed by atoms with E-state index in [4.69, 9.17) is 4.99 Å². The summed E-state index contributed by atoms with van der Waals surface area (Å²) in [4.78, 5) is 33.9. The van der Waals surface area contributed by atoms with Gasteiger partial charge in [-0.1, -0.05) is 18.2 Å². The molecule has 0 bridgehead atoms. The maximum Gasteiger partial charge on any atom is 0.256 e. The summed E-state index contributed by atoms with van der Waals surface area (Å²) in [6, 6.07) is 10.8. The Morgan fingerprint density at radius 1 is 1.12 bits per heavy atom. The second-order valence-corrected chi connectivity index (χ2v) is 10.1. The van der Waals surface area contributed by atoms with Crippen LogP contribution in [0, 0.1) is 17.7 Å². The summed E-state index contributed by atoms with van der Waals surface area (Å²) < 4.78 is 15.3. The summed E-state index contributed by atoms with van der Waals surface area (Å²) in [6.07, 6.45) is 5.21. The molecule has 3 heterocycles. The number of hydrogen-bond donors (Lipinski definition) is 1. The number of benzene rings is 2. The lowest BCUT2D eigenvalue weighted by Crippen LogP contribution is -2.55.